The van der Waals surface area contributed by atoms with Gasteiger partial charge in [-0.25, -0.2) is 0 Å². The normalized spacial score (nSPS) is 10.7. The van der Waals surface area contributed by atoms with Gasteiger partial charge in [-0.2, -0.15) is 0 Å². The Morgan fingerprint density at radius 3 is 1.91 bits per heavy atom. The van der Waals surface area contributed by atoms with Crippen LogP contribution in [0.3, 0.4) is 0 Å². The monoisotopic (exact) mass is 300 g/mol. The average molecular weight is 300 g/mol. The van der Waals surface area contributed by atoms with E-state index in [4.69, 9.17) is 0 Å². The van der Waals surface area contributed by atoms with Crippen molar-refractivity contribution >= 4 is 0 Å². The van der Waals surface area contributed by atoms with Crippen LogP contribution in [0.4, 0.5) is 0 Å². The SMILES string of the molecule is CCc1ccccc1-c1cccc(CC)c1Cc1ccccc1. The first-order valence-corrected chi connectivity index (χ1v) is 8.56. The van der Waals surface area contributed by atoms with Crippen LogP contribution in [0.2, 0.25) is 0 Å². The first-order valence-electron chi connectivity index (χ1n) is 8.56. The van der Waals surface area contributed by atoms with E-state index in [1.54, 1.807) is 0 Å². The summed E-state index contributed by atoms with van der Waals surface area (Å²) in [5, 5.41) is 0. The van der Waals surface area contributed by atoms with Gasteiger partial charge in [-0.05, 0) is 52.6 Å². The molecule has 3 aromatic rings. The summed E-state index contributed by atoms with van der Waals surface area (Å²) in [6, 6.07) is 26.4. The third-order valence-corrected chi connectivity index (χ3v) is 4.57. The third kappa shape index (κ3) is 3.37. The third-order valence-electron chi connectivity index (χ3n) is 4.57. The molecule has 0 spiro atoms. The highest BCUT2D eigenvalue weighted by atomic mass is 14.2. The molecule has 0 unspecified atom stereocenters. The zero-order valence-electron chi connectivity index (χ0n) is 14.0. The molecule has 0 N–H and O–H groups in total. The van der Waals surface area contributed by atoms with Gasteiger partial charge in [0.25, 0.3) is 0 Å². The molecule has 3 aromatic carbocycles. The largest absolute Gasteiger partial charge is 0.0622 e. The zero-order valence-corrected chi connectivity index (χ0v) is 14.0. The molecule has 0 saturated heterocycles. The molecule has 116 valence electrons. The summed E-state index contributed by atoms with van der Waals surface area (Å²) in [5.41, 5.74) is 8.51. The predicted octanol–water partition coefficient (Wildman–Crippen LogP) is 6.07. The molecule has 0 nitrogen and oxygen atoms in total. The van der Waals surface area contributed by atoms with Crippen molar-refractivity contribution in [3.05, 3.63) is 95.1 Å². The summed E-state index contributed by atoms with van der Waals surface area (Å²) < 4.78 is 0. The lowest BCUT2D eigenvalue weighted by Crippen LogP contribution is -1.99. The average Bonchev–Trinajstić information content (AvgIpc) is 2.63. The van der Waals surface area contributed by atoms with Gasteiger partial charge in [0.1, 0.15) is 0 Å². The second kappa shape index (κ2) is 7.28. The Morgan fingerprint density at radius 1 is 0.565 bits per heavy atom. The fraction of sp³-hybridized carbons (Fsp3) is 0.217. The van der Waals surface area contributed by atoms with Crippen molar-refractivity contribution in [2.24, 2.45) is 0 Å². The van der Waals surface area contributed by atoms with E-state index in [1.165, 1.54) is 33.4 Å². The molecule has 0 aliphatic rings. The van der Waals surface area contributed by atoms with E-state index in [-0.39, 0.29) is 0 Å². The minimum Gasteiger partial charge on any atom is -0.0622 e. The summed E-state index contributed by atoms with van der Waals surface area (Å²) in [4.78, 5) is 0. The van der Waals surface area contributed by atoms with Crippen molar-refractivity contribution < 1.29 is 0 Å². The number of aryl methyl sites for hydroxylation is 2. The molecule has 23 heavy (non-hydrogen) atoms. The first kappa shape index (κ1) is 15.6. The van der Waals surface area contributed by atoms with Gasteiger partial charge >= 0.3 is 0 Å². The van der Waals surface area contributed by atoms with Crippen LogP contribution in [0.15, 0.2) is 72.8 Å². The van der Waals surface area contributed by atoms with E-state index in [0.717, 1.165) is 19.3 Å². The highest BCUT2D eigenvalue weighted by molar-refractivity contribution is 5.72. The Labute approximate surface area is 139 Å². The number of hydrogen-bond acceptors (Lipinski definition) is 0. The van der Waals surface area contributed by atoms with E-state index in [1.807, 2.05) is 0 Å². The van der Waals surface area contributed by atoms with Gasteiger partial charge in [-0.1, -0.05) is 86.6 Å². The maximum atomic E-state index is 2.28. The molecular formula is C23H24. The van der Waals surface area contributed by atoms with Gasteiger partial charge in [0.15, 0.2) is 0 Å². The molecule has 0 aromatic heterocycles. The molecule has 0 bridgehead atoms. The molecule has 0 atom stereocenters. The summed E-state index contributed by atoms with van der Waals surface area (Å²) in [5.74, 6) is 0. The fourth-order valence-electron chi connectivity index (χ4n) is 3.32. The van der Waals surface area contributed by atoms with Crippen molar-refractivity contribution in [2.45, 2.75) is 33.1 Å². The van der Waals surface area contributed by atoms with Gasteiger partial charge in [0, 0.05) is 0 Å². The van der Waals surface area contributed by atoms with Crippen molar-refractivity contribution in [1.82, 2.24) is 0 Å². The Kier molecular flexibility index (Phi) is 4.92. The van der Waals surface area contributed by atoms with Crippen LogP contribution in [-0.2, 0) is 19.3 Å². The lowest BCUT2D eigenvalue weighted by Gasteiger charge is -2.17. The molecule has 0 aliphatic carbocycles. The molecule has 0 amide bonds. The van der Waals surface area contributed by atoms with Crippen LogP contribution in [0.1, 0.15) is 36.1 Å². The summed E-state index contributed by atoms with van der Waals surface area (Å²) in [6.07, 6.45) is 3.14. The lowest BCUT2D eigenvalue weighted by molar-refractivity contribution is 1.06. The predicted molar refractivity (Wildman–Crippen MR) is 99.9 cm³/mol. The Hall–Kier alpha value is -2.34. The minimum absolute atomic E-state index is 0.998. The maximum Gasteiger partial charge on any atom is -0.00169 e. The quantitative estimate of drug-likeness (QED) is 0.536. The van der Waals surface area contributed by atoms with Crippen molar-refractivity contribution in [1.29, 1.82) is 0 Å². The highest BCUT2D eigenvalue weighted by Crippen LogP contribution is 2.31. The van der Waals surface area contributed by atoms with Gasteiger partial charge in [0.2, 0.25) is 0 Å². The molecule has 0 heterocycles. The molecule has 3 rings (SSSR count). The second-order valence-electron chi connectivity index (χ2n) is 5.97. The number of rotatable bonds is 5. The Morgan fingerprint density at radius 2 is 1.17 bits per heavy atom. The fourth-order valence-corrected chi connectivity index (χ4v) is 3.32. The van der Waals surface area contributed by atoms with Crippen LogP contribution in [-0.4, -0.2) is 0 Å². The summed E-state index contributed by atoms with van der Waals surface area (Å²) in [7, 11) is 0. The van der Waals surface area contributed by atoms with Gasteiger partial charge < -0.3 is 0 Å². The van der Waals surface area contributed by atoms with Crippen LogP contribution in [0.5, 0.6) is 0 Å². The number of hydrogen-bond donors (Lipinski definition) is 0. The maximum absolute atomic E-state index is 2.28. The Balaban J connectivity index is 2.13. The van der Waals surface area contributed by atoms with E-state index in [0.29, 0.717) is 0 Å². The zero-order chi connectivity index (χ0) is 16.1. The number of benzene rings is 3. The second-order valence-corrected chi connectivity index (χ2v) is 5.97. The van der Waals surface area contributed by atoms with E-state index < -0.39 is 0 Å². The lowest BCUT2D eigenvalue weighted by atomic mass is 9.88. The van der Waals surface area contributed by atoms with Gasteiger partial charge in [-0.15, -0.1) is 0 Å². The van der Waals surface area contributed by atoms with E-state index in [2.05, 4.69) is 86.6 Å². The van der Waals surface area contributed by atoms with Crippen LogP contribution in [0.25, 0.3) is 11.1 Å². The molecule has 0 aliphatic heterocycles. The molecule has 0 fully saturated rings. The summed E-state index contributed by atoms with van der Waals surface area (Å²) in [6.45, 7) is 4.48. The molecule has 0 heteroatoms. The van der Waals surface area contributed by atoms with Gasteiger partial charge in [0.05, 0.1) is 0 Å². The van der Waals surface area contributed by atoms with Crippen molar-refractivity contribution in [2.75, 3.05) is 0 Å². The van der Waals surface area contributed by atoms with Gasteiger partial charge in [-0.3, -0.25) is 0 Å². The highest BCUT2D eigenvalue weighted by Gasteiger charge is 2.12. The summed E-state index contributed by atoms with van der Waals surface area (Å²) >= 11 is 0. The van der Waals surface area contributed by atoms with E-state index in [9.17, 15) is 0 Å². The molecular weight excluding hydrogens is 276 g/mol. The topological polar surface area (TPSA) is 0 Å². The van der Waals surface area contributed by atoms with E-state index >= 15 is 0 Å². The minimum atomic E-state index is 0.998. The van der Waals surface area contributed by atoms with Crippen LogP contribution in [0, 0.1) is 0 Å². The van der Waals surface area contributed by atoms with Crippen molar-refractivity contribution in [3.63, 3.8) is 0 Å². The smallest absolute Gasteiger partial charge is 0.00169 e. The standard InChI is InChI=1S/C23H24/c1-3-19-13-8-9-15-21(19)22-16-10-14-20(4-2)23(22)17-18-11-6-5-7-12-18/h5-16H,3-4,17H2,1-2H3. The molecule has 0 radical (unpaired) electrons. The first-order chi connectivity index (χ1) is 11.3. The van der Waals surface area contributed by atoms with Crippen molar-refractivity contribution in [3.8, 4) is 11.1 Å². The van der Waals surface area contributed by atoms with Crippen LogP contribution < -0.4 is 0 Å². The Bertz CT molecular complexity index is 769. The molecule has 0 saturated carbocycles. The van der Waals surface area contributed by atoms with Crippen LogP contribution >= 0.6 is 0 Å².